The van der Waals surface area contributed by atoms with E-state index in [4.69, 9.17) is 33.2 Å². The van der Waals surface area contributed by atoms with Crippen LogP contribution in [0.25, 0.3) is 0 Å². The first-order valence-electron chi connectivity index (χ1n) is 15.2. The Bertz CT molecular complexity index is 1420. The number of methoxy groups -OCH3 is 3. The van der Waals surface area contributed by atoms with Crippen LogP contribution < -0.4 is 23.7 Å². The van der Waals surface area contributed by atoms with E-state index in [0.29, 0.717) is 41.5 Å². The molecule has 0 bridgehead atoms. The van der Waals surface area contributed by atoms with Gasteiger partial charge in [-0.3, -0.25) is 4.90 Å². The van der Waals surface area contributed by atoms with Crippen LogP contribution in [0, 0.1) is 0 Å². The second-order valence-corrected chi connectivity index (χ2v) is 12.6. The molecule has 10 heteroatoms. The summed E-state index contributed by atoms with van der Waals surface area (Å²) in [5, 5.41) is 0. The number of ether oxygens (including phenoxy) is 7. The molecule has 0 N–H and O–H groups in total. The van der Waals surface area contributed by atoms with E-state index in [2.05, 4.69) is 0 Å². The summed E-state index contributed by atoms with van der Waals surface area (Å²) < 4.78 is 41.4. The lowest BCUT2D eigenvalue weighted by Gasteiger charge is -2.42. The number of hydrogen-bond acceptors (Lipinski definition) is 9. The summed E-state index contributed by atoms with van der Waals surface area (Å²) in [5.41, 5.74) is 3.13. The average molecular weight is 596 g/mol. The quantitative estimate of drug-likeness (QED) is 0.279. The molecule has 1 fully saturated rings. The number of nitrogens with zero attached hydrogens (tertiary/aromatic N) is 1. The zero-order chi connectivity index (χ0) is 30.5. The third kappa shape index (κ3) is 4.98. The van der Waals surface area contributed by atoms with Gasteiger partial charge < -0.3 is 33.2 Å². The van der Waals surface area contributed by atoms with Crippen molar-refractivity contribution in [2.75, 3.05) is 34.7 Å². The highest BCUT2D eigenvalue weighted by atomic mass is 16.7. The molecular weight excluding hydrogens is 554 g/mol. The van der Waals surface area contributed by atoms with Gasteiger partial charge in [-0.1, -0.05) is 31.7 Å². The molecule has 0 radical (unpaired) electrons. The minimum Gasteiger partial charge on any atom is -0.493 e. The van der Waals surface area contributed by atoms with Crippen molar-refractivity contribution >= 4 is 12.1 Å². The molecule has 43 heavy (non-hydrogen) atoms. The molecule has 10 nitrogen and oxygen atoms in total. The van der Waals surface area contributed by atoms with Crippen LogP contribution in [0.5, 0.6) is 28.7 Å². The highest BCUT2D eigenvalue weighted by Crippen LogP contribution is 2.59. The molecule has 2 aromatic carbocycles. The van der Waals surface area contributed by atoms with Crippen LogP contribution in [0.1, 0.15) is 110 Å². The SMILES string of the molecule is COc1ccc2c(c1OC)C(=O)O[C@@H]2[C@H]1c2c(c(C3CCCCCC3)c3c(c2OC)OCO3)CCN1C(=O)OC(C)(C)C. The predicted octanol–water partition coefficient (Wildman–Crippen LogP) is 6.62. The van der Waals surface area contributed by atoms with Crippen LogP contribution in [0.3, 0.4) is 0 Å². The molecule has 4 aliphatic rings. The molecule has 0 spiro atoms. The minimum absolute atomic E-state index is 0.0903. The third-order valence-electron chi connectivity index (χ3n) is 8.90. The first-order chi connectivity index (χ1) is 20.7. The van der Waals surface area contributed by atoms with Crippen molar-refractivity contribution in [3.8, 4) is 28.7 Å². The van der Waals surface area contributed by atoms with Crippen molar-refractivity contribution < 1.29 is 42.7 Å². The molecule has 1 aliphatic carbocycles. The number of carbonyl (C=O) groups excluding carboxylic acids is 2. The lowest BCUT2D eigenvalue weighted by Crippen LogP contribution is -2.45. The van der Waals surface area contributed by atoms with Crippen LogP contribution in [0.15, 0.2) is 12.1 Å². The van der Waals surface area contributed by atoms with Crippen molar-refractivity contribution in [1.82, 2.24) is 4.90 Å². The molecular formula is C33H41NO9. The highest BCUT2D eigenvalue weighted by Gasteiger charge is 2.50. The molecule has 2 aromatic rings. The normalized spacial score (nSPS) is 21.4. The minimum atomic E-state index is -0.856. The highest BCUT2D eigenvalue weighted by molar-refractivity contribution is 5.98. The molecule has 1 saturated carbocycles. The summed E-state index contributed by atoms with van der Waals surface area (Å²) in [5.74, 6) is 2.22. The topological polar surface area (TPSA) is 102 Å². The lowest BCUT2D eigenvalue weighted by atomic mass is 9.78. The number of fused-ring (bicyclic) bond motifs is 3. The molecule has 232 valence electrons. The number of rotatable bonds is 5. The van der Waals surface area contributed by atoms with Gasteiger partial charge in [-0.2, -0.15) is 0 Å². The van der Waals surface area contributed by atoms with Crippen molar-refractivity contribution in [1.29, 1.82) is 0 Å². The summed E-state index contributed by atoms with van der Waals surface area (Å²) in [6, 6.07) is 2.80. The standard InChI is InChI=1S/C33H41NO9/c1-33(2,3)43-32(36)34-16-15-19-22(18-11-9-7-8-10-12-18)29-30(41-17-40-29)28(39-6)23(19)25(34)26-20-13-14-21(37-4)27(38-5)24(20)31(35)42-26/h13-14,18,25-26H,7-12,15-17H2,1-6H3/t25-,26+/m1/s1. The smallest absolute Gasteiger partial charge is 0.410 e. The van der Waals surface area contributed by atoms with Crippen molar-refractivity contribution in [2.24, 2.45) is 0 Å². The monoisotopic (exact) mass is 595 g/mol. The molecule has 3 aliphatic heterocycles. The summed E-state index contributed by atoms with van der Waals surface area (Å²) in [7, 11) is 4.60. The lowest BCUT2D eigenvalue weighted by molar-refractivity contribution is -0.0195. The Labute approximate surface area is 252 Å². The molecule has 1 amide bonds. The maximum absolute atomic E-state index is 13.9. The van der Waals surface area contributed by atoms with E-state index in [1.54, 1.807) is 24.1 Å². The fourth-order valence-electron chi connectivity index (χ4n) is 7.20. The van der Waals surface area contributed by atoms with Crippen LogP contribution in [-0.2, 0) is 15.9 Å². The number of amides is 1. The van der Waals surface area contributed by atoms with Gasteiger partial charge in [0.2, 0.25) is 12.5 Å². The number of carbonyl (C=O) groups is 2. The van der Waals surface area contributed by atoms with Crippen LogP contribution in [0.2, 0.25) is 0 Å². The Morgan fingerprint density at radius 1 is 0.907 bits per heavy atom. The maximum atomic E-state index is 13.9. The van der Waals surface area contributed by atoms with Crippen LogP contribution in [0.4, 0.5) is 4.79 Å². The van der Waals surface area contributed by atoms with E-state index in [0.717, 1.165) is 48.1 Å². The zero-order valence-electron chi connectivity index (χ0n) is 25.9. The summed E-state index contributed by atoms with van der Waals surface area (Å²) in [4.78, 5) is 29.1. The third-order valence-corrected chi connectivity index (χ3v) is 8.90. The van der Waals surface area contributed by atoms with Crippen molar-refractivity contribution in [3.05, 3.63) is 39.9 Å². The predicted molar refractivity (Wildman–Crippen MR) is 157 cm³/mol. The summed E-state index contributed by atoms with van der Waals surface area (Å²) in [6.45, 7) is 5.96. The van der Waals surface area contributed by atoms with Gasteiger partial charge in [-0.05, 0) is 57.6 Å². The number of hydrogen-bond donors (Lipinski definition) is 0. The Kier molecular flexibility index (Phi) is 7.73. The largest absolute Gasteiger partial charge is 0.493 e. The summed E-state index contributed by atoms with van der Waals surface area (Å²) in [6.07, 6.45) is 6.03. The van der Waals surface area contributed by atoms with E-state index in [9.17, 15) is 9.59 Å². The maximum Gasteiger partial charge on any atom is 0.410 e. The fraction of sp³-hybridized carbons (Fsp3) is 0.576. The molecule has 0 unspecified atom stereocenters. The fourth-order valence-corrected chi connectivity index (χ4v) is 7.20. The van der Waals surface area contributed by atoms with Gasteiger partial charge in [-0.25, -0.2) is 9.59 Å². The van der Waals surface area contributed by atoms with E-state index in [1.807, 2.05) is 20.8 Å². The zero-order valence-corrected chi connectivity index (χ0v) is 25.9. The molecule has 3 heterocycles. The van der Waals surface area contributed by atoms with E-state index < -0.39 is 29.8 Å². The molecule has 0 saturated heterocycles. The van der Waals surface area contributed by atoms with Gasteiger partial charge in [-0.15, -0.1) is 0 Å². The first kappa shape index (κ1) is 29.3. The van der Waals surface area contributed by atoms with E-state index in [1.165, 1.54) is 27.1 Å². The Morgan fingerprint density at radius 3 is 2.26 bits per heavy atom. The number of esters is 1. The Morgan fingerprint density at radius 2 is 1.60 bits per heavy atom. The average Bonchev–Trinajstić information content (AvgIpc) is 3.48. The Hall–Kier alpha value is -3.82. The van der Waals surface area contributed by atoms with Crippen LogP contribution in [-0.4, -0.2) is 57.2 Å². The number of cyclic esters (lactones) is 1. The molecule has 0 aromatic heterocycles. The van der Waals surface area contributed by atoms with Crippen molar-refractivity contribution in [2.45, 2.75) is 89.4 Å². The second kappa shape index (κ2) is 11.4. The molecule has 6 rings (SSSR count). The van der Waals surface area contributed by atoms with Gasteiger partial charge >= 0.3 is 12.1 Å². The first-order valence-corrected chi connectivity index (χ1v) is 15.2. The van der Waals surface area contributed by atoms with E-state index >= 15 is 0 Å². The second-order valence-electron chi connectivity index (χ2n) is 12.6. The van der Waals surface area contributed by atoms with Crippen LogP contribution >= 0.6 is 0 Å². The number of benzene rings is 2. The van der Waals surface area contributed by atoms with Gasteiger partial charge in [0.15, 0.2) is 29.1 Å². The van der Waals surface area contributed by atoms with Gasteiger partial charge in [0.1, 0.15) is 17.2 Å². The summed E-state index contributed by atoms with van der Waals surface area (Å²) >= 11 is 0. The van der Waals surface area contributed by atoms with E-state index in [-0.39, 0.29) is 18.3 Å². The van der Waals surface area contributed by atoms with Gasteiger partial charge in [0.05, 0.1) is 21.3 Å². The molecule has 2 atom stereocenters. The van der Waals surface area contributed by atoms with Crippen molar-refractivity contribution in [3.63, 3.8) is 0 Å². The Balaban J connectivity index is 1.59. The van der Waals surface area contributed by atoms with Gasteiger partial charge in [0, 0.05) is 23.2 Å². The van der Waals surface area contributed by atoms with Gasteiger partial charge in [0.25, 0.3) is 0 Å².